The van der Waals surface area contributed by atoms with Gasteiger partial charge in [-0.3, -0.25) is 9.79 Å². The van der Waals surface area contributed by atoms with E-state index in [-0.39, 0.29) is 18.6 Å². The number of nitrogens with one attached hydrogen (secondary N) is 2. The number of guanidine groups is 1. The maximum atomic E-state index is 12.2. The highest BCUT2D eigenvalue weighted by Gasteiger charge is 2.25. The van der Waals surface area contributed by atoms with Crippen LogP contribution in [0, 0.1) is 6.92 Å². The molecule has 1 aliphatic heterocycles. The normalized spacial score (nSPS) is 17.1. The highest BCUT2D eigenvalue weighted by atomic mass is 16.5. The van der Waals surface area contributed by atoms with Crippen LogP contribution < -0.4 is 10.6 Å². The molecule has 1 saturated heterocycles. The number of aryl methyl sites for hydroxylation is 1. The van der Waals surface area contributed by atoms with Crippen molar-refractivity contribution in [1.82, 2.24) is 15.5 Å². The fourth-order valence-electron chi connectivity index (χ4n) is 3.52. The van der Waals surface area contributed by atoms with Crippen LogP contribution in [0.1, 0.15) is 22.8 Å². The second kappa shape index (κ2) is 10.6. The number of rotatable bonds is 6. The summed E-state index contributed by atoms with van der Waals surface area (Å²) < 4.78 is 5.99. The van der Waals surface area contributed by atoms with Crippen LogP contribution in [0.4, 0.5) is 0 Å². The van der Waals surface area contributed by atoms with E-state index >= 15 is 0 Å². The Balaban J connectivity index is 1.47. The number of morpholine rings is 1. The highest BCUT2D eigenvalue weighted by Crippen LogP contribution is 2.24. The summed E-state index contributed by atoms with van der Waals surface area (Å²) in [5, 5.41) is 6.14. The van der Waals surface area contributed by atoms with E-state index in [1.54, 1.807) is 7.05 Å². The van der Waals surface area contributed by atoms with Gasteiger partial charge in [0.2, 0.25) is 5.91 Å². The second-order valence-corrected chi connectivity index (χ2v) is 7.15. The molecule has 6 nitrogen and oxygen atoms in total. The average molecular weight is 395 g/mol. The molecule has 0 bridgehead atoms. The molecule has 1 aliphatic rings. The smallest absolute Gasteiger partial charge is 0.239 e. The lowest BCUT2D eigenvalue weighted by molar-refractivity contribution is -0.120. The zero-order valence-corrected chi connectivity index (χ0v) is 17.2. The molecular weight excluding hydrogens is 364 g/mol. The lowest BCUT2D eigenvalue weighted by Crippen LogP contribution is -2.50. The van der Waals surface area contributed by atoms with Gasteiger partial charge < -0.3 is 20.3 Å². The Morgan fingerprint density at radius 2 is 1.90 bits per heavy atom. The average Bonchev–Trinajstić information content (AvgIpc) is 2.75. The summed E-state index contributed by atoms with van der Waals surface area (Å²) in [7, 11) is 1.74. The standard InChI is InChI=1S/C23H30N4O2/c1-18-8-6-7-11-20(18)21-17-27(14-15-29-21)23(24-2)26-16-22(28)25-13-12-19-9-4-3-5-10-19/h3-11,21H,12-17H2,1-2H3,(H,24,26)(H,25,28). The fourth-order valence-corrected chi connectivity index (χ4v) is 3.52. The zero-order valence-electron chi connectivity index (χ0n) is 17.2. The zero-order chi connectivity index (χ0) is 20.5. The topological polar surface area (TPSA) is 66.0 Å². The molecule has 29 heavy (non-hydrogen) atoms. The van der Waals surface area contributed by atoms with E-state index in [9.17, 15) is 4.79 Å². The van der Waals surface area contributed by atoms with E-state index in [1.807, 2.05) is 30.3 Å². The van der Waals surface area contributed by atoms with Crippen LogP contribution >= 0.6 is 0 Å². The van der Waals surface area contributed by atoms with Gasteiger partial charge in [0.1, 0.15) is 6.10 Å². The molecule has 0 radical (unpaired) electrons. The van der Waals surface area contributed by atoms with Crippen molar-refractivity contribution >= 4 is 11.9 Å². The predicted molar refractivity (Wildman–Crippen MR) is 116 cm³/mol. The Morgan fingerprint density at radius 1 is 1.14 bits per heavy atom. The minimum Gasteiger partial charge on any atom is -0.370 e. The molecule has 2 N–H and O–H groups in total. The molecular formula is C23H30N4O2. The molecule has 0 spiro atoms. The van der Waals surface area contributed by atoms with Crippen LogP contribution in [0.3, 0.4) is 0 Å². The lowest BCUT2D eigenvalue weighted by atomic mass is 10.0. The maximum absolute atomic E-state index is 12.2. The van der Waals surface area contributed by atoms with Crippen LogP contribution in [0.2, 0.25) is 0 Å². The minimum atomic E-state index is -0.0363. The molecule has 154 valence electrons. The van der Waals surface area contributed by atoms with Crippen molar-refractivity contribution in [2.75, 3.05) is 39.8 Å². The van der Waals surface area contributed by atoms with Crippen molar-refractivity contribution < 1.29 is 9.53 Å². The first-order chi connectivity index (χ1) is 14.2. The first kappa shape index (κ1) is 20.9. The predicted octanol–water partition coefficient (Wildman–Crippen LogP) is 2.30. The van der Waals surface area contributed by atoms with Gasteiger partial charge in [-0.05, 0) is 30.0 Å². The van der Waals surface area contributed by atoms with Gasteiger partial charge in [0.05, 0.1) is 19.7 Å². The fraction of sp³-hybridized carbons (Fsp3) is 0.391. The van der Waals surface area contributed by atoms with Crippen molar-refractivity contribution in [3.63, 3.8) is 0 Å². The summed E-state index contributed by atoms with van der Waals surface area (Å²) in [6.45, 7) is 5.01. The summed E-state index contributed by atoms with van der Waals surface area (Å²) in [5.74, 6) is 0.691. The van der Waals surface area contributed by atoms with E-state index in [4.69, 9.17) is 4.74 Å². The number of hydrogen-bond donors (Lipinski definition) is 2. The minimum absolute atomic E-state index is 0.00296. The van der Waals surface area contributed by atoms with Crippen molar-refractivity contribution in [1.29, 1.82) is 0 Å². The van der Waals surface area contributed by atoms with Crippen LogP contribution in [0.25, 0.3) is 0 Å². The molecule has 1 amide bonds. The number of benzene rings is 2. The van der Waals surface area contributed by atoms with Crippen LogP contribution in [-0.2, 0) is 16.0 Å². The molecule has 0 saturated carbocycles. The second-order valence-electron chi connectivity index (χ2n) is 7.15. The number of amides is 1. The largest absolute Gasteiger partial charge is 0.370 e. The molecule has 6 heteroatoms. The monoisotopic (exact) mass is 394 g/mol. The SMILES string of the molecule is CN=C(NCC(=O)NCCc1ccccc1)N1CCOC(c2ccccc2C)C1. The third-order valence-electron chi connectivity index (χ3n) is 5.10. The number of ether oxygens (including phenoxy) is 1. The highest BCUT2D eigenvalue weighted by molar-refractivity contribution is 5.86. The maximum Gasteiger partial charge on any atom is 0.239 e. The van der Waals surface area contributed by atoms with Gasteiger partial charge in [-0.25, -0.2) is 0 Å². The van der Waals surface area contributed by atoms with Gasteiger partial charge in [-0.2, -0.15) is 0 Å². The van der Waals surface area contributed by atoms with Crippen LogP contribution in [-0.4, -0.2) is 56.6 Å². The van der Waals surface area contributed by atoms with Gasteiger partial charge in [0.25, 0.3) is 0 Å². The van der Waals surface area contributed by atoms with Gasteiger partial charge in [-0.15, -0.1) is 0 Å². The number of nitrogens with zero attached hydrogens (tertiary/aromatic N) is 2. The molecule has 0 aliphatic carbocycles. The van der Waals surface area contributed by atoms with Crippen molar-refractivity contribution in [2.24, 2.45) is 4.99 Å². The molecule has 1 fully saturated rings. The Bertz CT molecular complexity index is 823. The van der Waals surface area contributed by atoms with E-state index < -0.39 is 0 Å². The van der Waals surface area contributed by atoms with Gasteiger partial charge in [0.15, 0.2) is 5.96 Å². The Labute approximate surface area is 173 Å². The number of hydrogen-bond acceptors (Lipinski definition) is 3. The van der Waals surface area contributed by atoms with Crippen molar-refractivity contribution in [3.8, 4) is 0 Å². The van der Waals surface area contributed by atoms with E-state index in [0.717, 1.165) is 18.9 Å². The lowest BCUT2D eigenvalue weighted by Gasteiger charge is -2.35. The summed E-state index contributed by atoms with van der Waals surface area (Å²) in [6, 6.07) is 18.4. The molecule has 0 aromatic heterocycles. The van der Waals surface area contributed by atoms with Gasteiger partial charge in [-0.1, -0.05) is 54.6 Å². The third kappa shape index (κ3) is 6.06. The van der Waals surface area contributed by atoms with E-state index in [1.165, 1.54) is 16.7 Å². The quantitative estimate of drug-likeness (QED) is 0.583. The third-order valence-corrected chi connectivity index (χ3v) is 5.10. The van der Waals surface area contributed by atoms with Crippen molar-refractivity contribution in [3.05, 3.63) is 71.3 Å². The summed E-state index contributed by atoms with van der Waals surface area (Å²) in [5.41, 5.74) is 3.64. The molecule has 1 atom stereocenters. The van der Waals surface area contributed by atoms with Crippen LogP contribution in [0.15, 0.2) is 59.6 Å². The van der Waals surface area contributed by atoms with E-state index in [0.29, 0.717) is 19.7 Å². The number of carbonyl (C=O) groups excluding carboxylic acids is 1. The Morgan fingerprint density at radius 3 is 2.66 bits per heavy atom. The number of carbonyl (C=O) groups is 1. The number of aliphatic imine (C=N–C) groups is 1. The first-order valence-corrected chi connectivity index (χ1v) is 10.1. The summed E-state index contributed by atoms with van der Waals surface area (Å²) >= 11 is 0. The van der Waals surface area contributed by atoms with Gasteiger partial charge >= 0.3 is 0 Å². The first-order valence-electron chi connectivity index (χ1n) is 10.1. The summed E-state index contributed by atoms with van der Waals surface area (Å²) in [6.07, 6.45) is 0.825. The van der Waals surface area contributed by atoms with Crippen molar-refractivity contribution in [2.45, 2.75) is 19.4 Å². The molecule has 1 heterocycles. The Hall–Kier alpha value is -2.86. The molecule has 3 rings (SSSR count). The summed E-state index contributed by atoms with van der Waals surface area (Å²) in [4.78, 5) is 18.7. The van der Waals surface area contributed by atoms with Gasteiger partial charge in [0, 0.05) is 20.1 Å². The molecule has 2 aromatic rings. The molecule has 1 unspecified atom stereocenters. The van der Waals surface area contributed by atoms with E-state index in [2.05, 4.69) is 51.7 Å². The Kier molecular flexibility index (Phi) is 7.64. The van der Waals surface area contributed by atoms with Crippen LogP contribution in [0.5, 0.6) is 0 Å². The molecule has 2 aromatic carbocycles.